The topological polar surface area (TPSA) is 47.3 Å². The van der Waals surface area contributed by atoms with Gasteiger partial charge in [-0.3, -0.25) is 0 Å². The fourth-order valence-electron chi connectivity index (χ4n) is 1.97. The van der Waals surface area contributed by atoms with Crippen molar-refractivity contribution in [1.82, 2.24) is 10.5 Å². The third kappa shape index (κ3) is 3.12. The van der Waals surface area contributed by atoms with Gasteiger partial charge in [-0.25, -0.2) is 4.39 Å². The van der Waals surface area contributed by atoms with Crippen molar-refractivity contribution in [2.45, 2.75) is 26.4 Å². The van der Waals surface area contributed by atoms with E-state index in [1.54, 1.807) is 12.1 Å². The van der Waals surface area contributed by atoms with Gasteiger partial charge in [0.2, 0.25) is 0 Å². The lowest BCUT2D eigenvalue weighted by atomic mass is 10.1. The maximum atomic E-state index is 13.9. The van der Waals surface area contributed by atoms with Crippen molar-refractivity contribution in [2.75, 3.05) is 7.11 Å². The summed E-state index contributed by atoms with van der Waals surface area (Å²) in [5.74, 6) is 0.974. The van der Waals surface area contributed by atoms with Gasteiger partial charge in [-0.1, -0.05) is 11.2 Å². The highest BCUT2D eigenvalue weighted by molar-refractivity contribution is 5.36. The van der Waals surface area contributed by atoms with Crippen LogP contribution in [0.5, 0.6) is 5.75 Å². The fraction of sp³-hybridized carbons (Fsp3) is 0.357. The first-order valence-corrected chi connectivity index (χ1v) is 6.09. The molecule has 4 nitrogen and oxygen atoms in total. The van der Waals surface area contributed by atoms with E-state index in [9.17, 15) is 4.39 Å². The standard InChI is InChI=1S/C14H17FN2O2/c1-9-7-11(19-17-9)8-16-10(2)14-12(15)5-4-6-13(14)18-3/h4-7,10,16H,8H2,1-3H3. The minimum atomic E-state index is -0.284. The molecule has 0 aliphatic carbocycles. The highest BCUT2D eigenvalue weighted by Crippen LogP contribution is 2.27. The van der Waals surface area contributed by atoms with Crippen LogP contribution in [0.2, 0.25) is 0 Å². The summed E-state index contributed by atoms with van der Waals surface area (Å²) in [5.41, 5.74) is 1.34. The molecule has 1 aromatic heterocycles. The first-order valence-electron chi connectivity index (χ1n) is 6.09. The normalized spacial score (nSPS) is 12.4. The van der Waals surface area contributed by atoms with E-state index in [0.29, 0.717) is 17.9 Å². The van der Waals surface area contributed by atoms with Crippen LogP contribution < -0.4 is 10.1 Å². The van der Waals surface area contributed by atoms with Crippen LogP contribution in [0, 0.1) is 12.7 Å². The lowest BCUT2D eigenvalue weighted by molar-refractivity contribution is 0.357. The molecule has 19 heavy (non-hydrogen) atoms. The largest absolute Gasteiger partial charge is 0.496 e. The van der Waals surface area contributed by atoms with Crippen LogP contribution in [0.3, 0.4) is 0 Å². The van der Waals surface area contributed by atoms with Gasteiger partial charge in [0.05, 0.1) is 19.3 Å². The van der Waals surface area contributed by atoms with Crippen LogP contribution in [-0.4, -0.2) is 12.3 Å². The Kier molecular flexibility index (Phi) is 4.16. The number of nitrogens with zero attached hydrogens (tertiary/aromatic N) is 1. The van der Waals surface area contributed by atoms with Gasteiger partial charge in [-0.05, 0) is 26.0 Å². The zero-order valence-electron chi connectivity index (χ0n) is 11.2. The van der Waals surface area contributed by atoms with Crippen LogP contribution in [0.4, 0.5) is 4.39 Å². The van der Waals surface area contributed by atoms with E-state index in [1.165, 1.54) is 13.2 Å². The molecule has 0 aliphatic heterocycles. The average molecular weight is 264 g/mol. The van der Waals surface area contributed by atoms with E-state index < -0.39 is 0 Å². The van der Waals surface area contributed by atoms with Gasteiger partial charge in [0, 0.05) is 17.7 Å². The van der Waals surface area contributed by atoms with Gasteiger partial charge in [-0.15, -0.1) is 0 Å². The number of aromatic nitrogens is 1. The summed E-state index contributed by atoms with van der Waals surface area (Å²) in [6.45, 7) is 4.22. The molecule has 0 fully saturated rings. The molecule has 0 saturated heterocycles. The summed E-state index contributed by atoms with van der Waals surface area (Å²) in [4.78, 5) is 0. The van der Waals surface area contributed by atoms with Crippen molar-refractivity contribution in [3.8, 4) is 5.75 Å². The Bertz CT molecular complexity index is 554. The monoisotopic (exact) mass is 264 g/mol. The Morgan fingerprint density at radius 1 is 1.47 bits per heavy atom. The van der Waals surface area contributed by atoms with E-state index in [0.717, 1.165) is 11.5 Å². The molecule has 1 N–H and O–H groups in total. The van der Waals surface area contributed by atoms with E-state index in [-0.39, 0.29) is 11.9 Å². The van der Waals surface area contributed by atoms with Crippen molar-refractivity contribution in [1.29, 1.82) is 0 Å². The van der Waals surface area contributed by atoms with E-state index in [2.05, 4.69) is 10.5 Å². The van der Waals surface area contributed by atoms with E-state index >= 15 is 0 Å². The molecule has 1 heterocycles. The number of halogens is 1. The first-order chi connectivity index (χ1) is 9.11. The van der Waals surface area contributed by atoms with Crippen LogP contribution in [0.25, 0.3) is 0 Å². The SMILES string of the molecule is COc1cccc(F)c1C(C)NCc1cc(C)no1. The molecular formula is C14H17FN2O2. The van der Waals surface area contributed by atoms with Crippen molar-refractivity contribution >= 4 is 0 Å². The zero-order valence-corrected chi connectivity index (χ0v) is 11.2. The molecule has 1 unspecified atom stereocenters. The summed E-state index contributed by atoms with van der Waals surface area (Å²) in [6, 6.07) is 6.45. The second-order valence-electron chi connectivity index (χ2n) is 4.39. The van der Waals surface area contributed by atoms with E-state index in [4.69, 9.17) is 9.26 Å². The maximum Gasteiger partial charge on any atom is 0.150 e. The van der Waals surface area contributed by atoms with Crippen molar-refractivity contribution < 1.29 is 13.7 Å². The number of nitrogens with one attached hydrogen (secondary N) is 1. The Hall–Kier alpha value is -1.88. The number of rotatable bonds is 5. The molecule has 0 bridgehead atoms. The zero-order chi connectivity index (χ0) is 13.8. The summed E-state index contributed by atoms with van der Waals surface area (Å²) in [6.07, 6.45) is 0. The molecule has 0 radical (unpaired) electrons. The second-order valence-corrected chi connectivity index (χ2v) is 4.39. The van der Waals surface area contributed by atoms with Crippen LogP contribution in [0.1, 0.15) is 30.0 Å². The molecule has 2 aromatic rings. The van der Waals surface area contributed by atoms with Gasteiger partial charge >= 0.3 is 0 Å². The van der Waals surface area contributed by atoms with Crippen LogP contribution >= 0.6 is 0 Å². The number of hydrogen-bond acceptors (Lipinski definition) is 4. The Morgan fingerprint density at radius 2 is 2.26 bits per heavy atom. The number of hydrogen-bond donors (Lipinski definition) is 1. The van der Waals surface area contributed by atoms with Crippen LogP contribution in [-0.2, 0) is 6.54 Å². The number of aryl methyl sites for hydroxylation is 1. The number of methoxy groups -OCH3 is 1. The minimum Gasteiger partial charge on any atom is -0.496 e. The Labute approximate surface area is 111 Å². The first kappa shape index (κ1) is 13.5. The fourth-order valence-corrected chi connectivity index (χ4v) is 1.97. The molecule has 2 rings (SSSR count). The Balaban J connectivity index is 2.09. The third-order valence-electron chi connectivity index (χ3n) is 2.93. The third-order valence-corrected chi connectivity index (χ3v) is 2.93. The van der Waals surface area contributed by atoms with E-state index in [1.807, 2.05) is 19.9 Å². The quantitative estimate of drug-likeness (QED) is 0.901. The predicted octanol–water partition coefficient (Wildman–Crippen LogP) is 2.98. The summed E-state index contributed by atoms with van der Waals surface area (Å²) in [5, 5.41) is 7.00. The molecule has 1 aromatic carbocycles. The number of ether oxygens (including phenoxy) is 1. The Morgan fingerprint density at radius 3 is 2.89 bits per heavy atom. The molecule has 102 valence electrons. The second kappa shape index (κ2) is 5.84. The average Bonchev–Trinajstić information content (AvgIpc) is 2.81. The summed E-state index contributed by atoms with van der Waals surface area (Å²) < 4.78 is 24.1. The molecule has 0 aliphatic rings. The van der Waals surface area contributed by atoms with Crippen LogP contribution in [0.15, 0.2) is 28.8 Å². The summed E-state index contributed by atoms with van der Waals surface area (Å²) in [7, 11) is 1.53. The molecular weight excluding hydrogens is 247 g/mol. The highest BCUT2D eigenvalue weighted by atomic mass is 19.1. The summed E-state index contributed by atoms with van der Waals surface area (Å²) >= 11 is 0. The lowest BCUT2D eigenvalue weighted by Gasteiger charge is -2.17. The smallest absolute Gasteiger partial charge is 0.150 e. The van der Waals surface area contributed by atoms with Gasteiger partial charge in [0.1, 0.15) is 11.6 Å². The minimum absolute atomic E-state index is 0.193. The molecule has 0 spiro atoms. The molecule has 0 saturated carbocycles. The van der Waals surface area contributed by atoms with Gasteiger partial charge in [0.25, 0.3) is 0 Å². The number of benzene rings is 1. The maximum absolute atomic E-state index is 13.9. The molecule has 0 amide bonds. The predicted molar refractivity (Wildman–Crippen MR) is 69.4 cm³/mol. The lowest BCUT2D eigenvalue weighted by Crippen LogP contribution is -2.19. The van der Waals surface area contributed by atoms with Gasteiger partial charge < -0.3 is 14.6 Å². The molecule has 5 heteroatoms. The highest BCUT2D eigenvalue weighted by Gasteiger charge is 2.16. The van der Waals surface area contributed by atoms with Gasteiger partial charge in [-0.2, -0.15) is 0 Å². The van der Waals surface area contributed by atoms with Crippen molar-refractivity contribution in [2.24, 2.45) is 0 Å². The van der Waals surface area contributed by atoms with Gasteiger partial charge in [0.15, 0.2) is 5.76 Å². The van der Waals surface area contributed by atoms with Crippen molar-refractivity contribution in [3.05, 3.63) is 47.1 Å². The molecule has 1 atom stereocenters. The van der Waals surface area contributed by atoms with Crippen molar-refractivity contribution in [3.63, 3.8) is 0 Å².